The van der Waals surface area contributed by atoms with E-state index < -0.39 is 0 Å². The zero-order valence-electron chi connectivity index (χ0n) is 9.58. The molecular formula is C12H19N3. The third-order valence-corrected chi connectivity index (χ3v) is 2.79. The molecule has 0 saturated carbocycles. The van der Waals surface area contributed by atoms with Crippen LogP contribution in [0.25, 0.3) is 6.08 Å². The number of piperidine rings is 1. The van der Waals surface area contributed by atoms with Gasteiger partial charge in [0.15, 0.2) is 0 Å². The molecule has 2 heterocycles. The molecular weight excluding hydrogens is 186 g/mol. The molecule has 1 saturated heterocycles. The number of nitrogens with one attached hydrogen (secondary N) is 1. The molecule has 1 N–H and O–H groups in total. The smallest absolute Gasteiger partial charge is 0.0612 e. The van der Waals surface area contributed by atoms with Gasteiger partial charge in [0.1, 0.15) is 0 Å². The Balaban J connectivity index is 2.20. The van der Waals surface area contributed by atoms with Crippen LogP contribution in [-0.2, 0) is 6.54 Å². The van der Waals surface area contributed by atoms with E-state index in [1.807, 2.05) is 6.92 Å². The third kappa shape index (κ3) is 2.48. The van der Waals surface area contributed by atoms with Crippen LogP contribution in [0.15, 0.2) is 11.6 Å². The van der Waals surface area contributed by atoms with Crippen LogP contribution in [0.4, 0.5) is 0 Å². The second-order valence-electron chi connectivity index (χ2n) is 4.11. The fourth-order valence-corrected chi connectivity index (χ4v) is 2.05. The van der Waals surface area contributed by atoms with Gasteiger partial charge in [-0.2, -0.15) is 5.10 Å². The zero-order chi connectivity index (χ0) is 10.7. The van der Waals surface area contributed by atoms with Gasteiger partial charge in [-0.15, -0.1) is 0 Å². The van der Waals surface area contributed by atoms with Crippen molar-refractivity contribution in [1.82, 2.24) is 15.1 Å². The van der Waals surface area contributed by atoms with Gasteiger partial charge in [0.2, 0.25) is 0 Å². The van der Waals surface area contributed by atoms with Gasteiger partial charge >= 0.3 is 0 Å². The van der Waals surface area contributed by atoms with Crippen molar-refractivity contribution in [2.75, 3.05) is 13.1 Å². The lowest BCUT2D eigenvalue weighted by Crippen LogP contribution is -2.23. The Labute approximate surface area is 91.2 Å². The minimum absolute atomic E-state index is 0.945. The lowest BCUT2D eigenvalue weighted by atomic mass is 10.1. The van der Waals surface area contributed by atoms with Crippen molar-refractivity contribution in [2.24, 2.45) is 0 Å². The summed E-state index contributed by atoms with van der Waals surface area (Å²) in [5, 5.41) is 7.85. The van der Waals surface area contributed by atoms with Gasteiger partial charge in [0, 0.05) is 13.1 Å². The Morgan fingerprint density at radius 2 is 2.47 bits per heavy atom. The van der Waals surface area contributed by atoms with Crippen molar-refractivity contribution in [1.29, 1.82) is 0 Å². The van der Waals surface area contributed by atoms with Crippen LogP contribution in [-0.4, -0.2) is 22.9 Å². The number of rotatable bonds is 2. The van der Waals surface area contributed by atoms with E-state index in [2.05, 4.69) is 34.2 Å². The van der Waals surface area contributed by atoms with E-state index in [1.54, 1.807) is 0 Å². The van der Waals surface area contributed by atoms with Crippen LogP contribution >= 0.6 is 0 Å². The maximum atomic E-state index is 4.45. The molecule has 0 aromatic carbocycles. The molecule has 0 spiro atoms. The molecule has 1 aromatic rings. The first-order valence-electron chi connectivity index (χ1n) is 5.74. The summed E-state index contributed by atoms with van der Waals surface area (Å²) in [4.78, 5) is 0. The topological polar surface area (TPSA) is 29.9 Å². The van der Waals surface area contributed by atoms with E-state index in [-0.39, 0.29) is 0 Å². The molecule has 0 unspecified atom stereocenters. The highest BCUT2D eigenvalue weighted by atomic mass is 15.3. The first-order valence-corrected chi connectivity index (χ1v) is 5.74. The summed E-state index contributed by atoms with van der Waals surface area (Å²) in [6, 6.07) is 2.16. The second-order valence-corrected chi connectivity index (χ2v) is 4.11. The Hall–Kier alpha value is -1.09. The highest BCUT2D eigenvalue weighted by Crippen LogP contribution is 2.14. The van der Waals surface area contributed by atoms with Crippen LogP contribution in [0.3, 0.4) is 0 Å². The molecule has 2 rings (SSSR count). The molecule has 1 fully saturated rings. The molecule has 0 bridgehead atoms. The number of hydrogen-bond acceptors (Lipinski definition) is 2. The summed E-state index contributed by atoms with van der Waals surface area (Å²) >= 11 is 0. The molecule has 3 nitrogen and oxygen atoms in total. The molecule has 1 aliphatic rings. The van der Waals surface area contributed by atoms with Crippen molar-refractivity contribution in [2.45, 2.75) is 33.2 Å². The molecule has 1 aromatic heterocycles. The molecule has 82 valence electrons. The molecule has 0 atom stereocenters. The predicted octanol–water partition coefficient (Wildman–Crippen LogP) is 1.98. The average molecular weight is 205 g/mol. The monoisotopic (exact) mass is 205 g/mol. The zero-order valence-corrected chi connectivity index (χ0v) is 9.58. The minimum atomic E-state index is 0.945. The third-order valence-electron chi connectivity index (χ3n) is 2.79. The highest BCUT2D eigenvalue weighted by molar-refractivity contribution is 5.50. The van der Waals surface area contributed by atoms with Crippen LogP contribution in [0.5, 0.6) is 0 Å². The maximum absolute atomic E-state index is 4.45. The fraction of sp³-hybridized carbons (Fsp3) is 0.583. The maximum Gasteiger partial charge on any atom is 0.0612 e. The standard InChI is InChI=1S/C12H19N3/c1-3-15-12(7-10(2)14-15)8-11-5-4-6-13-9-11/h7-8,13H,3-6,9H2,1-2H3. The van der Waals surface area contributed by atoms with Crippen molar-refractivity contribution in [3.05, 3.63) is 23.0 Å². The summed E-state index contributed by atoms with van der Waals surface area (Å²) in [6.45, 7) is 7.32. The summed E-state index contributed by atoms with van der Waals surface area (Å²) in [5.74, 6) is 0. The first kappa shape index (κ1) is 10.4. The Bertz CT molecular complexity index is 355. The Kier molecular flexibility index (Phi) is 3.21. The second kappa shape index (κ2) is 4.62. The van der Waals surface area contributed by atoms with E-state index in [4.69, 9.17) is 0 Å². The summed E-state index contributed by atoms with van der Waals surface area (Å²) in [6.07, 6.45) is 4.77. The van der Waals surface area contributed by atoms with Gasteiger partial charge in [0.05, 0.1) is 11.4 Å². The number of aromatic nitrogens is 2. The van der Waals surface area contributed by atoms with Gasteiger partial charge in [-0.1, -0.05) is 5.57 Å². The lowest BCUT2D eigenvalue weighted by Gasteiger charge is -2.15. The van der Waals surface area contributed by atoms with E-state index >= 15 is 0 Å². The van der Waals surface area contributed by atoms with Crippen molar-refractivity contribution < 1.29 is 0 Å². The average Bonchev–Trinajstić information content (AvgIpc) is 2.60. The molecule has 0 amide bonds. The van der Waals surface area contributed by atoms with Crippen LogP contribution in [0.1, 0.15) is 31.2 Å². The van der Waals surface area contributed by atoms with Gasteiger partial charge in [-0.3, -0.25) is 4.68 Å². The van der Waals surface area contributed by atoms with Crippen LogP contribution in [0.2, 0.25) is 0 Å². The molecule has 0 radical (unpaired) electrons. The highest BCUT2D eigenvalue weighted by Gasteiger charge is 2.06. The van der Waals surface area contributed by atoms with Crippen molar-refractivity contribution in [3.8, 4) is 0 Å². The van der Waals surface area contributed by atoms with Crippen molar-refractivity contribution in [3.63, 3.8) is 0 Å². The fourth-order valence-electron chi connectivity index (χ4n) is 2.05. The predicted molar refractivity (Wildman–Crippen MR) is 62.7 cm³/mol. The Morgan fingerprint density at radius 3 is 3.13 bits per heavy atom. The van der Waals surface area contributed by atoms with Gasteiger partial charge in [-0.25, -0.2) is 0 Å². The van der Waals surface area contributed by atoms with E-state index in [9.17, 15) is 0 Å². The minimum Gasteiger partial charge on any atom is -0.313 e. The summed E-state index contributed by atoms with van der Waals surface area (Å²) < 4.78 is 2.07. The quantitative estimate of drug-likeness (QED) is 0.800. The summed E-state index contributed by atoms with van der Waals surface area (Å²) in [7, 11) is 0. The van der Waals surface area contributed by atoms with E-state index in [1.165, 1.54) is 24.1 Å². The van der Waals surface area contributed by atoms with Gasteiger partial charge < -0.3 is 5.32 Å². The molecule has 15 heavy (non-hydrogen) atoms. The lowest BCUT2D eigenvalue weighted by molar-refractivity contribution is 0.610. The molecule has 1 aliphatic heterocycles. The number of hydrogen-bond donors (Lipinski definition) is 1. The first-order chi connectivity index (χ1) is 7.29. The van der Waals surface area contributed by atoms with Gasteiger partial charge in [0.25, 0.3) is 0 Å². The summed E-state index contributed by atoms with van der Waals surface area (Å²) in [5.41, 5.74) is 3.84. The molecule has 3 heteroatoms. The number of aryl methyl sites for hydroxylation is 2. The van der Waals surface area contributed by atoms with Crippen molar-refractivity contribution >= 4 is 6.08 Å². The Morgan fingerprint density at radius 1 is 1.60 bits per heavy atom. The normalized spacial score (nSPS) is 19.7. The largest absolute Gasteiger partial charge is 0.313 e. The van der Waals surface area contributed by atoms with E-state index in [0.717, 1.165) is 25.3 Å². The number of nitrogens with zero attached hydrogens (tertiary/aromatic N) is 2. The molecule has 0 aliphatic carbocycles. The van der Waals surface area contributed by atoms with Gasteiger partial charge in [-0.05, 0) is 45.4 Å². The van der Waals surface area contributed by atoms with Crippen LogP contribution < -0.4 is 5.32 Å². The SMILES string of the molecule is CCn1nc(C)cc1C=C1CCCNC1. The van der Waals surface area contributed by atoms with E-state index in [0.29, 0.717) is 0 Å². The van der Waals surface area contributed by atoms with Crippen LogP contribution in [0, 0.1) is 6.92 Å².